The highest BCUT2D eigenvalue weighted by Crippen LogP contribution is 2.27. The molecule has 4 heteroatoms. The van der Waals surface area contributed by atoms with E-state index in [4.69, 9.17) is 9.15 Å². The normalized spacial score (nSPS) is 15.2. The van der Waals surface area contributed by atoms with Gasteiger partial charge in [-0.25, -0.2) is 0 Å². The largest absolute Gasteiger partial charge is 0.453 e. The Balaban J connectivity index is 2.62. The van der Waals surface area contributed by atoms with Gasteiger partial charge in [-0.2, -0.15) is 0 Å². The molecule has 0 bridgehead atoms. The van der Waals surface area contributed by atoms with Gasteiger partial charge in [0, 0.05) is 13.7 Å². The molecule has 1 heterocycles. The van der Waals surface area contributed by atoms with Crippen molar-refractivity contribution in [2.75, 3.05) is 20.8 Å². The van der Waals surface area contributed by atoms with E-state index in [1.807, 2.05) is 19.2 Å². The van der Waals surface area contributed by atoms with Crippen molar-refractivity contribution in [1.29, 1.82) is 0 Å². The fourth-order valence-electron chi connectivity index (χ4n) is 1.67. The molecule has 2 unspecified atom stereocenters. The van der Waals surface area contributed by atoms with Crippen LogP contribution in [0.25, 0.3) is 0 Å². The Morgan fingerprint density at radius 2 is 2.27 bits per heavy atom. The van der Waals surface area contributed by atoms with Crippen molar-refractivity contribution >= 4 is 15.9 Å². The van der Waals surface area contributed by atoms with Gasteiger partial charge in [0.25, 0.3) is 0 Å². The number of hydrogen-bond donors (Lipinski definition) is 1. The summed E-state index contributed by atoms with van der Waals surface area (Å²) in [4.78, 5) is 0. The van der Waals surface area contributed by atoms with E-state index in [0.717, 1.165) is 23.5 Å². The Hall–Kier alpha value is -0.320. The lowest BCUT2D eigenvalue weighted by Gasteiger charge is -2.21. The van der Waals surface area contributed by atoms with E-state index in [9.17, 15) is 0 Å². The van der Waals surface area contributed by atoms with Gasteiger partial charge in [-0.1, -0.05) is 6.92 Å². The summed E-state index contributed by atoms with van der Waals surface area (Å²) < 4.78 is 11.4. The molecule has 0 spiro atoms. The summed E-state index contributed by atoms with van der Waals surface area (Å²) in [5.41, 5.74) is 0. The summed E-state index contributed by atoms with van der Waals surface area (Å²) in [6.45, 7) is 2.97. The lowest BCUT2D eigenvalue weighted by atomic mass is 9.97. The topological polar surface area (TPSA) is 34.4 Å². The second-order valence-corrected chi connectivity index (χ2v) is 4.45. The van der Waals surface area contributed by atoms with Crippen LogP contribution in [0.3, 0.4) is 0 Å². The molecule has 15 heavy (non-hydrogen) atoms. The number of nitrogens with one attached hydrogen (secondary N) is 1. The van der Waals surface area contributed by atoms with Gasteiger partial charge < -0.3 is 14.5 Å². The molecule has 0 amide bonds. The molecule has 0 aliphatic rings. The molecule has 0 aliphatic carbocycles. The highest BCUT2D eigenvalue weighted by atomic mass is 79.9. The van der Waals surface area contributed by atoms with E-state index in [0.29, 0.717) is 5.92 Å². The van der Waals surface area contributed by atoms with E-state index in [2.05, 4.69) is 28.2 Å². The Morgan fingerprint density at radius 1 is 1.53 bits per heavy atom. The van der Waals surface area contributed by atoms with Crippen LogP contribution in [0.4, 0.5) is 0 Å². The molecule has 1 aromatic rings. The maximum absolute atomic E-state index is 5.55. The zero-order valence-corrected chi connectivity index (χ0v) is 11.0. The lowest BCUT2D eigenvalue weighted by Crippen LogP contribution is -2.23. The molecule has 2 atom stereocenters. The average molecular weight is 276 g/mol. The predicted molar refractivity (Wildman–Crippen MR) is 63.9 cm³/mol. The van der Waals surface area contributed by atoms with Gasteiger partial charge >= 0.3 is 0 Å². The minimum Gasteiger partial charge on any atom is -0.453 e. The SMILES string of the molecule is CNC(c1ccc(Br)o1)C(C)CCOC. The van der Waals surface area contributed by atoms with Crippen LogP contribution < -0.4 is 5.32 Å². The number of methoxy groups -OCH3 is 1. The Bertz CT molecular complexity index is 288. The van der Waals surface area contributed by atoms with E-state index < -0.39 is 0 Å². The third-order valence-electron chi connectivity index (χ3n) is 2.56. The summed E-state index contributed by atoms with van der Waals surface area (Å²) in [5.74, 6) is 1.45. The van der Waals surface area contributed by atoms with Gasteiger partial charge in [-0.05, 0) is 47.4 Å². The van der Waals surface area contributed by atoms with Crippen LogP contribution in [0.1, 0.15) is 25.1 Å². The van der Waals surface area contributed by atoms with E-state index >= 15 is 0 Å². The first-order valence-corrected chi connectivity index (χ1v) is 5.89. The third-order valence-corrected chi connectivity index (χ3v) is 2.98. The van der Waals surface area contributed by atoms with Crippen molar-refractivity contribution in [2.45, 2.75) is 19.4 Å². The van der Waals surface area contributed by atoms with Gasteiger partial charge in [-0.15, -0.1) is 0 Å². The van der Waals surface area contributed by atoms with Gasteiger partial charge in [0.1, 0.15) is 5.76 Å². The molecule has 1 N–H and O–H groups in total. The highest BCUT2D eigenvalue weighted by molar-refractivity contribution is 9.10. The molecule has 0 saturated carbocycles. The van der Waals surface area contributed by atoms with Crippen molar-refractivity contribution in [2.24, 2.45) is 5.92 Å². The summed E-state index contributed by atoms with van der Waals surface area (Å²) in [7, 11) is 3.68. The predicted octanol–water partition coefficient (Wildman–Crippen LogP) is 2.98. The minimum atomic E-state index is 0.242. The van der Waals surface area contributed by atoms with Crippen molar-refractivity contribution in [3.05, 3.63) is 22.6 Å². The van der Waals surface area contributed by atoms with Gasteiger partial charge in [0.2, 0.25) is 0 Å². The number of rotatable bonds is 6. The second kappa shape index (κ2) is 6.30. The molecule has 86 valence electrons. The van der Waals surface area contributed by atoms with Crippen LogP contribution in [0, 0.1) is 5.92 Å². The summed E-state index contributed by atoms with van der Waals surface area (Å²) >= 11 is 3.31. The molecule has 0 saturated heterocycles. The van der Waals surface area contributed by atoms with Gasteiger partial charge in [0.15, 0.2) is 4.67 Å². The lowest BCUT2D eigenvalue weighted by molar-refractivity contribution is 0.167. The first kappa shape index (κ1) is 12.7. The Morgan fingerprint density at radius 3 is 2.73 bits per heavy atom. The molecule has 0 radical (unpaired) electrons. The van der Waals surface area contributed by atoms with Crippen molar-refractivity contribution < 1.29 is 9.15 Å². The maximum atomic E-state index is 5.55. The fraction of sp³-hybridized carbons (Fsp3) is 0.636. The van der Waals surface area contributed by atoms with Crippen LogP contribution in [0.15, 0.2) is 21.2 Å². The maximum Gasteiger partial charge on any atom is 0.169 e. The van der Waals surface area contributed by atoms with Crippen LogP contribution in [-0.4, -0.2) is 20.8 Å². The first-order valence-electron chi connectivity index (χ1n) is 5.10. The second-order valence-electron chi connectivity index (χ2n) is 3.67. The summed E-state index contributed by atoms with van der Waals surface area (Å²) in [6, 6.07) is 4.16. The van der Waals surface area contributed by atoms with Gasteiger partial charge in [-0.3, -0.25) is 0 Å². The quantitative estimate of drug-likeness (QED) is 0.867. The third kappa shape index (κ3) is 3.63. The van der Waals surface area contributed by atoms with Crippen molar-refractivity contribution in [1.82, 2.24) is 5.32 Å². The van der Waals surface area contributed by atoms with Gasteiger partial charge in [0.05, 0.1) is 6.04 Å². The van der Waals surface area contributed by atoms with Crippen LogP contribution in [0.5, 0.6) is 0 Å². The fourth-order valence-corrected chi connectivity index (χ4v) is 1.99. The van der Waals surface area contributed by atoms with E-state index in [-0.39, 0.29) is 6.04 Å². The average Bonchev–Trinajstić information content (AvgIpc) is 2.63. The molecule has 3 nitrogen and oxygen atoms in total. The van der Waals surface area contributed by atoms with Crippen LogP contribution in [-0.2, 0) is 4.74 Å². The smallest absolute Gasteiger partial charge is 0.169 e. The Labute approximate surface area is 99.3 Å². The highest BCUT2D eigenvalue weighted by Gasteiger charge is 2.20. The summed E-state index contributed by atoms with van der Waals surface area (Å²) in [6.07, 6.45) is 1.01. The standard InChI is InChI=1S/C11H18BrNO2/c1-8(6-7-14-3)11(13-2)9-4-5-10(12)15-9/h4-5,8,11,13H,6-7H2,1-3H3. The van der Waals surface area contributed by atoms with E-state index in [1.165, 1.54) is 0 Å². The molecule has 0 aliphatic heterocycles. The molecule has 0 fully saturated rings. The number of hydrogen-bond acceptors (Lipinski definition) is 3. The van der Waals surface area contributed by atoms with Crippen molar-refractivity contribution in [3.63, 3.8) is 0 Å². The van der Waals surface area contributed by atoms with E-state index in [1.54, 1.807) is 7.11 Å². The first-order chi connectivity index (χ1) is 7.19. The minimum absolute atomic E-state index is 0.242. The summed E-state index contributed by atoms with van der Waals surface area (Å²) in [5, 5.41) is 3.27. The zero-order chi connectivity index (χ0) is 11.3. The Kier molecular flexibility index (Phi) is 5.36. The number of furan rings is 1. The zero-order valence-electron chi connectivity index (χ0n) is 9.42. The van der Waals surface area contributed by atoms with Crippen LogP contribution in [0.2, 0.25) is 0 Å². The number of ether oxygens (including phenoxy) is 1. The number of halogens is 1. The molecular weight excluding hydrogens is 258 g/mol. The van der Waals surface area contributed by atoms with Crippen molar-refractivity contribution in [3.8, 4) is 0 Å². The molecular formula is C11H18BrNO2. The molecule has 0 aromatic carbocycles. The monoisotopic (exact) mass is 275 g/mol. The molecule has 1 aromatic heterocycles. The molecule has 1 rings (SSSR count). The van der Waals surface area contributed by atoms with Crippen LogP contribution >= 0.6 is 15.9 Å².